The van der Waals surface area contributed by atoms with Gasteiger partial charge in [0.05, 0.1) is 11.3 Å². The molecule has 1 aromatic heterocycles. The summed E-state index contributed by atoms with van der Waals surface area (Å²) in [5, 5.41) is 9.05. The van der Waals surface area contributed by atoms with Gasteiger partial charge in [-0.3, -0.25) is 4.98 Å². The summed E-state index contributed by atoms with van der Waals surface area (Å²) in [6.45, 7) is 0. The topological polar surface area (TPSA) is 49.0 Å². The number of hydrogen-bond acceptors (Lipinski definition) is 3. The standard InChI is InChI=1S/C14H8F3N3/c15-14(16,17)11-2-1-3-12(8-11)20-13(9-18)10-4-6-19-7-5-10/h1-8H. The van der Waals surface area contributed by atoms with Crippen LogP contribution >= 0.6 is 0 Å². The zero-order valence-electron chi connectivity index (χ0n) is 10.1. The number of aromatic nitrogens is 1. The molecule has 0 saturated carbocycles. The van der Waals surface area contributed by atoms with Crippen molar-refractivity contribution in [3.63, 3.8) is 0 Å². The first kappa shape index (κ1) is 13.7. The molecule has 0 unspecified atom stereocenters. The summed E-state index contributed by atoms with van der Waals surface area (Å²) < 4.78 is 37.8. The predicted molar refractivity (Wildman–Crippen MR) is 67.5 cm³/mol. The molecule has 0 N–H and O–H groups in total. The molecule has 0 aliphatic heterocycles. The number of pyridine rings is 1. The zero-order valence-corrected chi connectivity index (χ0v) is 10.1. The molecular weight excluding hydrogens is 267 g/mol. The maximum Gasteiger partial charge on any atom is 0.416 e. The van der Waals surface area contributed by atoms with Crippen LogP contribution in [0.15, 0.2) is 53.8 Å². The largest absolute Gasteiger partial charge is 0.416 e. The third kappa shape index (κ3) is 3.20. The van der Waals surface area contributed by atoms with Gasteiger partial charge in [-0.15, -0.1) is 0 Å². The summed E-state index contributed by atoms with van der Waals surface area (Å²) in [5.41, 5.74) is -0.189. The van der Waals surface area contributed by atoms with Crippen LogP contribution in [0.4, 0.5) is 18.9 Å². The smallest absolute Gasteiger partial charge is 0.265 e. The Morgan fingerprint density at radius 2 is 1.85 bits per heavy atom. The Hall–Kier alpha value is -2.68. The molecule has 0 spiro atoms. The molecule has 0 radical (unpaired) electrons. The van der Waals surface area contributed by atoms with Crippen molar-refractivity contribution >= 4 is 11.4 Å². The number of hydrogen-bond donors (Lipinski definition) is 0. The first-order valence-electron chi connectivity index (χ1n) is 5.57. The van der Waals surface area contributed by atoms with E-state index < -0.39 is 11.7 Å². The fraction of sp³-hybridized carbons (Fsp3) is 0.0714. The van der Waals surface area contributed by atoms with Gasteiger partial charge >= 0.3 is 6.18 Å². The number of benzene rings is 1. The van der Waals surface area contributed by atoms with Crippen molar-refractivity contribution in [3.8, 4) is 6.07 Å². The highest BCUT2D eigenvalue weighted by Gasteiger charge is 2.30. The van der Waals surface area contributed by atoms with Crippen molar-refractivity contribution in [1.82, 2.24) is 4.98 Å². The highest BCUT2D eigenvalue weighted by molar-refractivity contribution is 6.12. The molecule has 1 heterocycles. The summed E-state index contributed by atoms with van der Waals surface area (Å²) >= 11 is 0. The third-order valence-electron chi connectivity index (χ3n) is 2.47. The molecule has 0 aliphatic rings. The van der Waals surface area contributed by atoms with Gasteiger partial charge in [0.2, 0.25) is 0 Å². The monoisotopic (exact) mass is 275 g/mol. The second-order valence-corrected chi connectivity index (χ2v) is 3.86. The van der Waals surface area contributed by atoms with E-state index in [-0.39, 0.29) is 11.4 Å². The summed E-state index contributed by atoms with van der Waals surface area (Å²) in [6.07, 6.45) is -1.47. The van der Waals surface area contributed by atoms with Crippen molar-refractivity contribution in [2.45, 2.75) is 6.18 Å². The van der Waals surface area contributed by atoms with Crippen LogP contribution in [0.3, 0.4) is 0 Å². The molecule has 6 heteroatoms. The lowest BCUT2D eigenvalue weighted by Gasteiger charge is -2.06. The maximum atomic E-state index is 12.6. The Kier molecular flexibility index (Phi) is 3.80. The van der Waals surface area contributed by atoms with Crippen LogP contribution in [-0.2, 0) is 6.18 Å². The molecule has 0 amide bonds. The summed E-state index contributed by atoms with van der Waals surface area (Å²) in [5.74, 6) is 0. The van der Waals surface area contributed by atoms with E-state index in [1.54, 1.807) is 12.1 Å². The van der Waals surface area contributed by atoms with Crippen molar-refractivity contribution in [2.75, 3.05) is 0 Å². The summed E-state index contributed by atoms with van der Waals surface area (Å²) in [6, 6.07) is 9.52. The van der Waals surface area contributed by atoms with Crippen LogP contribution in [0.25, 0.3) is 0 Å². The number of aliphatic imine (C=N–C) groups is 1. The summed E-state index contributed by atoms with van der Waals surface area (Å²) in [4.78, 5) is 7.75. The van der Waals surface area contributed by atoms with Crippen LogP contribution in [-0.4, -0.2) is 10.7 Å². The lowest BCUT2D eigenvalue weighted by molar-refractivity contribution is -0.137. The van der Waals surface area contributed by atoms with Gasteiger partial charge in [0.1, 0.15) is 11.8 Å². The van der Waals surface area contributed by atoms with E-state index in [4.69, 9.17) is 5.26 Å². The number of nitriles is 1. The number of rotatable bonds is 2. The fourth-order valence-electron chi connectivity index (χ4n) is 1.54. The van der Waals surface area contributed by atoms with E-state index in [1.165, 1.54) is 24.5 Å². The van der Waals surface area contributed by atoms with Gasteiger partial charge < -0.3 is 0 Å². The Morgan fingerprint density at radius 3 is 2.45 bits per heavy atom. The second kappa shape index (κ2) is 5.53. The Balaban J connectivity index is 2.42. The van der Waals surface area contributed by atoms with Crippen molar-refractivity contribution in [2.24, 2.45) is 4.99 Å². The van der Waals surface area contributed by atoms with Crippen molar-refractivity contribution < 1.29 is 13.2 Å². The van der Waals surface area contributed by atoms with Gasteiger partial charge in [-0.25, -0.2) is 4.99 Å². The van der Waals surface area contributed by atoms with Crippen molar-refractivity contribution in [1.29, 1.82) is 5.26 Å². The molecule has 0 fully saturated rings. The predicted octanol–water partition coefficient (Wildman–Crippen LogP) is 3.74. The minimum Gasteiger partial charge on any atom is -0.265 e. The number of alkyl halides is 3. The van der Waals surface area contributed by atoms with E-state index in [0.717, 1.165) is 12.1 Å². The van der Waals surface area contributed by atoms with Gasteiger partial charge in [0, 0.05) is 18.0 Å². The highest BCUT2D eigenvalue weighted by Crippen LogP contribution is 2.31. The molecule has 0 atom stereocenters. The molecular formula is C14H8F3N3. The molecule has 0 aliphatic carbocycles. The molecule has 1 aromatic carbocycles. The molecule has 0 saturated heterocycles. The minimum absolute atomic E-state index is 0.0340. The van der Waals surface area contributed by atoms with Gasteiger partial charge in [-0.1, -0.05) is 6.07 Å². The number of halogens is 3. The third-order valence-corrected chi connectivity index (χ3v) is 2.47. The van der Waals surface area contributed by atoms with Crippen LogP contribution in [0.2, 0.25) is 0 Å². The number of nitrogens with zero attached hydrogens (tertiary/aromatic N) is 3. The van der Waals surface area contributed by atoms with Crippen LogP contribution in [0.5, 0.6) is 0 Å². The fourth-order valence-corrected chi connectivity index (χ4v) is 1.54. The zero-order chi connectivity index (χ0) is 14.6. The van der Waals surface area contributed by atoms with Gasteiger partial charge in [0.25, 0.3) is 0 Å². The van der Waals surface area contributed by atoms with Crippen LogP contribution in [0.1, 0.15) is 11.1 Å². The average Bonchev–Trinajstić information content (AvgIpc) is 2.45. The van der Waals surface area contributed by atoms with Gasteiger partial charge in [0.15, 0.2) is 0 Å². The first-order valence-corrected chi connectivity index (χ1v) is 5.57. The minimum atomic E-state index is -4.44. The quantitative estimate of drug-likeness (QED) is 0.784. The van der Waals surface area contributed by atoms with Gasteiger partial charge in [-0.05, 0) is 30.3 Å². The summed E-state index contributed by atoms with van der Waals surface area (Å²) in [7, 11) is 0. The average molecular weight is 275 g/mol. The van der Waals surface area contributed by atoms with Gasteiger partial charge in [-0.2, -0.15) is 18.4 Å². The molecule has 0 bridgehead atoms. The van der Waals surface area contributed by atoms with E-state index >= 15 is 0 Å². The molecule has 3 nitrogen and oxygen atoms in total. The lowest BCUT2D eigenvalue weighted by atomic mass is 10.1. The van der Waals surface area contributed by atoms with E-state index in [9.17, 15) is 13.2 Å². The lowest BCUT2D eigenvalue weighted by Crippen LogP contribution is -2.04. The SMILES string of the molecule is N#CC(=Nc1cccc(C(F)(F)F)c1)c1ccncc1. The van der Waals surface area contributed by atoms with E-state index in [1.807, 2.05) is 6.07 Å². The molecule has 2 rings (SSSR count). The van der Waals surface area contributed by atoms with E-state index in [2.05, 4.69) is 9.98 Å². The Morgan fingerprint density at radius 1 is 1.15 bits per heavy atom. The van der Waals surface area contributed by atoms with Crippen molar-refractivity contribution in [3.05, 3.63) is 59.9 Å². The first-order chi connectivity index (χ1) is 9.50. The normalized spacial score (nSPS) is 12.0. The molecule has 20 heavy (non-hydrogen) atoms. The second-order valence-electron chi connectivity index (χ2n) is 3.86. The molecule has 100 valence electrons. The molecule has 2 aromatic rings. The van der Waals surface area contributed by atoms with Crippen LogP contribution in [0, 0.1) is 11.3 Å². The van der Waals surface area contributed by atoms with E-state index in [0.29, 0.717) is 5.56 Å². The Labute approximate surface area is 113 Å². The van der Waals surface area contributed by atoms with Crippen LogP contribution < -0.4 is 0 Å². The highest BCUT2D eigenvalue weighted by atomic mass is 19.4. The Bertz CT molecular complexity index is 670. The maximum absolute atomic E-state index is 12.6.